The van der Waals surface area contributed by atoms with Crippen molar-refractivity contribution in [1.82, 2.24) is 4.90 Å². The standard InChI is InChI=1S/C14H11FN2O4S2/c15-8-3-1-7(2-4-8)5-10-12(19)17(14(22)23-10)9(13(20)21)6-11(16)18/h1-5,9H,6H2,(H2,16,18)(H,20,21)/b10-5-. The van der Waals surface area contributed by atoms with Crippen molar-refractivity contribution in [3.8, 4) is 0 Å². The molecular weight excluding hydrogens is 343 g/mol. The molecule has 2 amide bonds. The summed E-state index contributed by atoms with van der Waals surface area (Å²) >= 11 is 5.95. The van der Waals surface area contributed by atoms with E-state index in [1.165, 1.54) is 30.3 Å². The van der Waals surface area contributed by atoms with Gasteiger partial charge in [-0.15, -0.1) is 0 Å². The van der Waals surface area contributed by atoms with E-state index in [0.717, 1.165) is 16.7 Å². The molecule has 6 nitrogen and oxygen atoms in total. The highest BCUT2D eigenvalue weighted by atomic mass is 32.2. The Morgan fingerprint density at radius 1 is 1.39 bits per heavy atom. The second-order valence-corrected chi connectivity index (χ2v) is 6.30. The van der Waals surface area contributed by atoms with Crippen molar-refractivity contribution in [2.24, 2.45) is 5.73 Å². The van der Waals surface area contributed by atoms with Crippen LogP contribution in [0.5, 0.6) is 0 Å². The van der Waals surface area contributed by atoms with Crippen molar-refractivity contribution in [3.05, 3.63) is 40.6 Å². The summed E-state index contributed by atoms with van der Waals surface area (Å²) in [4.78, 5) is 35.7. The van der Waals surface area contributed by atoms with Crippen LogP contribution in [0.2, 0.25) is 0 Å². The third-order valence-corrected chi connectivity index (χ3v) is 4.31. The molecular formula is C14H11FN2O4S2. The number of benzene rings is 1. The van der Waals surface area contributed by atoms with E-state index in [4.69, 9.17) is 18.0 Å². The molecule has 1 aliphatic rings. The molecule has 0 saturated carbocycles. The van der Waals surface area contributed by atoms with E-state index in [0.29, 0.717) is 5.56 Å². The Labute approximate surface area is 140 Å². The smallest absolute Gasteiger partial charge is 0.327 e. The molecule has 1 aliphatic heterocycles. The van der Waals surface area contributed by atoms with Crippen molar-refractivity contribution in [2.45, 2.75) is 12.5 Å². The highest BCUT2D eigenvalue weighted by molar-refractivity contribution is 8.26. The fourth-order valence-electron chi connectivity index (χ4n) is 1.94. The van der Waals surface area contributed by atoms with E-state index in [1.54, 1.807) is 0 Å². The van der Waals surface area contributed by atoms with Crippen LogP contribution >= 0.6 is 24.0 Å². The SMILES string of the molecule is NC(=O)CC(C(=O)O)N1C(=O)/C(=C/c2ccc(F)cc2)SC1=S. The Morgan fingerprint density at radius 2 is 2.00 bits per heavy atom. The number of carbonyl (C=O) groups is 3. The molecule has 1 aromatic carbocycles. The second-order valence-electron chi connectivity index (χ2n) is 4.63. The number of carbonyl (C=O) groups excluding carboxylic acids is 2. The number of thioether (sulfide) groups is 1. The van der Waals surface area contributed by atoms with Gasteiger partial charge in [-0.05, 0) is 23.8 Å². The van der Waals surface area contributed by atoms with Crippen LogP contribution in [-0.2, 0) is 14.4 Å². The molecule has 1 unspecified atom stereocenters. The predicted octanol–water partition coefficient (Wildman–Crippen LogP) is 1.36. The molecule has 0 bridgehead atoms. The van der Waals surface area contributed by atoms with Crippen LogP contribution in [0.15, 0.2) is 29.2 Å². The summed E-state index contributed by atoms with van der Waals surface area (Å²) in [6, 6.07) is 3.97. The largest absolute Gasteiger partial charge is 0.480 e. The topological polar surface area (TPSA) is 101 Å². The molecule has 1 heterocycles. The van der Waals surface area contributed by atoms with E-state index in [2.05, 4.69) is 0 Å². The fraction of sp³-hybridized carbons (Fsp3) is 0.143. The first kappa shape index (κ1) is 17.1. The molecule has 1 atom stereocenters. The fourth-order valence-corrected chi connectivity index (χ4v) is 3.30. The van der Waals surface area contributed by atoms with Crippen molar-refractivity contribution in [1.29, 1.82) is 0 Å². The summed E-state index contributed by atoms with van der Waals surface area (Å²) in [7, 11) is 0. The third kappa shape index (κ3) is 3.93. The summed E-state index contributed by atoms with van der Waals surface area (Å²) in [6.45, 7) is 0. The number of nitrogens with two attached hydrogens (primary N) is 1. The van der Waals surface area contributed by atoms with Gasteiger partial charge in [-0.25, -0.2) is 9.18 Å². The van der Waals surface area contributed by atoms with Crippen LogP contribution in [0.4, 0.5) is 4.39 Å². The van der Waals surface area contributed by atoms with E-state index in [9.17, 15) is 23.9 Å². The molecule has 3 N–H and O–H groups in total. The average molecular weight is 354 g/mol. The molecule has 9 heteroatoms. The van der Waals surface area contributed by atoms with Crippen LogP contribution in [0.1, 0.15) is 12.0 Å². The lowest BCUT2D eigenvalue weighted by Crippen LogP contribution is -2.46. The number of aliphatic carboxylic acids is 1. The Balaban J connectivity index is 2.30. The highest BCUT2D eigenvalue weighted by Gasteiger charge is 2.41. The van der Waals surface area contributed by atoms with Gasteiger partial charge < -0.3 is 10.8 Å². The van der Waals surface area contributed by atoms with Crippen LogP contribution in [0, 0.1) is 5.82 Å². The first-order valence-corrected chi connectivity index (χ1v) is 7.56. The zero-order valence-corrected chi connectivity index (χ0v) is 13.2. The van der Waals surface area contributed by atoms with Crippen LogP contribution < -0.4 is 5.73 Å². The van der Waals surface area contributed by atoms with Gasteiger partial charge in [-0.1, -0.05) is 36.1 Å². The summed E-state index contributed by atoms with van der Waals surface area (Å²) in [5.74, 6) is -3.27. The second kappa shape index (κ2) is 6.88. The summed E-state index contributed by atoms with van der Waals surface area (Å²) in [5.41, 5.74) is 5.59. The Hall–Kier alpha value is -2.26. The van der Waals surface area contributed by atoms with Crippen molar-refractivity contribution in [2.75, 3.05) is 0 Å². The predicted molar refractivity (Wildman–Crippen MR) is 86.6 cm³/mol. The molecule has 1 saturated heterocycles. The average Bonchev–Trinajstić information content (AvgIpc) is 2.73. The van der Waals surface area contributed by atoms with E-state index in [1.807, 2.05) is 0 Å². The zero-order chi connectivity index (χ0) is 17.1. The number of primary amides is 1. The lowest BCUT2D eigenvalue weighted by Gasteiger charge is -2.21. The molecule has 2 rings (SSSR count). The molecule has 0 aromatic heterocycles. The minimum absolute atomic E-state index is 0.0250. The third-order valence-electron chi connectivity index (χ3n) is 2.98. The monoisotopic (exact) mass is 354 g/mol. The minimum Gasteiger partial charge on any atom is -0.480 e. The summed E-state index contributed by atoms with van der Waals surface area (Å²) in [6.07, 6.45) is 0.938. The zero-order valence-electron chi connectivity index (χ0n) is 11.6. The number of nitrogens with zero attached hydrogens (tertiary/aromatic N) is 1. The van der Waals surface area contributed by atoms with Crippen LogP contribution in [-0.4, -0.2) is 38.2 Å². The summed E-state index contributed by atoms with van der Waals surface area (Å²) < 4.78 is 12.9. The lowest BCUT2D eigenvalue weighted by molar-refractivity contribution is -0.146. The van der Waals surface area contributed by atoms with Gasteiger partial charge in [0.1, 0.15) is 16.2 Å². The number of thiocarbonyl (C=S) groups is 1. The van der Waals surface area contributed by atoms with E-state index >= 15 is 0 Å². The number of carboxylic acid groups (broad SMARTS) is 1. The highest BCUT2D eigenvalue weighted by Crippen LogP contribution is 2.34. The van der Waals surface area contributed by atoms with Gasteiger partial charge in [0.2, 0.25) is 5.91 Å². The van der Waals surface area contributed by atoms with E-state index in [-0.39, 0.29) is 9.23 Å². The molecule has 0 aliphatic carbocycles. The number of hydrogen-bond donors (Lipinski definition) is 2. The normalized spacial score (nSPS) is 17.6. The minimum atomic E-state index is -1.45. The lowest BCUT2D eigenvalue weighted by atomic mass is 10.1. The van der Waals surface area contributed by atoms with Gasteiger partial charge in [-0.3, -0.25) is 14.5 Å². The Morgan fingerprint density at radius 3 is 2.52 bits per heavy atom. The first-order chi connectivity index (χ1) is 10.8. The maximum absolute atomic E-state index is 12.9. The van der Waals surface area contributed by atoms with Gasteiger partial charge in [0.15, 0.2) is 0 Å². The van der Waals surface area contributed by atoms with Gasteiger partial charge in [0, 0.05) is 0 Å². The maximum Gasteiger partial charge on any atom is 0.327 e. The van der Waals surface area contributed by atoms with Gasteiger partial charge in [-0.2, -0.15) is 0 Å². The molecule has 0 spiro atoms. The molecule has 23 heavy (non-hydrogen) atoms. The quantitative estimate of drug-likeness (QED) is 0.612. The van der Waals surface area contributed by atoms with Gasteiger partial charge >= 0.3 is 5.97 Å². The Bertz CT molecular complexity index is 718. The maximum atomic E-state index is 12.9. The van der Waals surface area contributed by atoms with Crippen molar-refractivity contribution in [3.63, 3.8) is 0 Å². The number of amides is 2. The van der Waals surface area contributed by atoms with Gasteiger partial charge in [0.05, 0.1) is 11.3 Å². The summed E-state index contributed by atoms with van der Waals surface area (Å²) in [5, 5.41) is 9.19. The first-order valence-electron chi connectivity index (χ1n) is 6.33. The van der Waals surface area contributed by atoms with Gasteiger partial charge in [0.25, 0.3) is 5.91 Å². The van der Waals surface area contributed by atoms with E-state index < -0.39 is 36.1 Å². The number of rotatable bonds is 5. The van der Waals surface area contributed by atoms with Crippen LogP contribution in [0.25, 0.3) is 6.08 Å². The molecule has 0 radical (unpaired) electrons. The molecule has 1 fully saturated rings. The number of hydrogen-bond acceptors (Lipinski definition) is 5. The molecule has 1 aromatic rings. The van der Waals surface area contributed by atoms with Crippen molar-refractivity contribution >= 4 is 52.2 Å². The molecule has 120 valence electrons. The number of halogens is 1. The number of carboxylic acids is 1. The van der Waals surface area contributed by atoms with Crippen molar-refractivity contribution < 1.29 is 23.9 Å². The Kier molecular flexibility index (Phi) is 5.12. The van der Waals surface area contributed by atoms with Crippen LogP contribution in [0.3, 0.4) is 0 Å².